The van der Waals surface area contributed by atoms with Gasteiger partial charge in [0.25, 0.3) is 0 Å². The van der Waals surface area contributed by atoms with E-state index >= 15 is 0 Å². The van der Waals surface area contributed by atoms with Crippen molar-refractivity contribution in [1.29, 1.82) is 0 Å². The van der Waals surface area contributed by atoms with Crippen molar-refractivity contribution in [1.82, 2.24) is 10.3 Å². The van der Waals surface area contributed by atoms with Crippen LogP contribution in [0.3, 0.4) is 0 Å². The van der Waals surface area contributed by atoms with Crippen LogP contribution in [0.1, 0.15) is 24.8 Å². The maximum Gasteiger partial charge on any atom is 0.133 e. The van der Waals surface area contributed by atoms with Crippen LogP contribution in [0.25, 0.3) is 10.9 Å². The summed E-state index contributed by atoms with van der Waals surface area (Å²) in [4.78, 5) is 4.54. The molecule has 3 rings (SSSR count). The van der Waals surface area contributed by atoms with Crippen molar-refractivity contribution in [3.8, 4) is 0 Å². The summed E-state index contributed by atoms with van der Waals surface area (Å²) < 4.78 is 0. The lowest BCUT2D eigenvalue weighted by molar-refractivity contribution is 0.239. The molecule has 1 heterocycles. The van der Waals surface area contributed by atoms with E-state index in [0.717, 1.165) is 12.1 Å². The van der Waals surface area contributed by atoms with Crippen LogP contribution in [0.4, 0.5) is 0 Å². The Hall–Kier alpha value is -1.12. The zero-order valence-electron chi connectivity index (χ0n) is 10.5. The first kappa shape index (κ1) is 11.9. The summed E-state index contributed by atoms with van der Waals surface area (Å²) in [5, 5.41) is 5.15. The van der Waals surface area contributed by atoms with Crippen molar-refractivity contribution in [3.05, 3.63) is 41.0 Å². The van der Waals surface area contributed by atoms with Gasteiger partial charge >= 0.3 is 0 Å². The molecule has 0 radical (unpaired) electrons. The summed E-state index contributed by atoms with van der Waals surface area (Å²) >= 11 is 6.40. The second-order valence-corrected chi connectivity index (χ2v) is 5.54. The minimum atomic E-state index is 0.197. The quantitative estimate of drug-likeness (QED) is 0.854. The SMILES string of the molecule is CNCC1(c2cc3ccccc3nc2Cl)CCC1. The van der Waals surface area contributed by atoms with Crippen LogP contribution in [0, 0.1) is 0 Å². The summed E-state index contributed by atoms with van der Waals surface area (Å²) in [6, 6.07) is 10.4. The molecule has 1 saturated carbocycles. The number of likely N-dealkylation sites (N-methyl/N-ethyl adjacent to an activating group) is 1. The van der Waals surface area contributed by atoms with Gasteiger partial charge in [-0.05, 0) is 37.6 Å². The third-order valence-electron chi connectivity index (χ3n) is 4.07. The highest BCUT2D eigenvalue weighted by molar-refractivity contribution is 6.30. The lowest BCUT2D eigenvalue weighted by Crippen LogP contribution is -2.43. The second kappa shape index (κ2) is 4.52. The molecule has 94 valence electrons. The van der Waals surface area contributed by atoms with Crippen LogP contribution in [0.2, 0.25) is 5.15 Å². The van der Waals surface area contributed by atoms with Crippen LogP contribution in [-0.2, 0) is 5.41 Å². The molecule has 0 aliphatic heterocycles. The van der Waals surface area contributed by atoms with Crippen LogP contribution in [0.5, 0.6) is 0 Å². The van der Waals surface area contributed by atoms with Gasteiger partial charge in [-0.2, -0.15) is 0 Å². The molecule has 0 atom stereocenters. The van der Waals surface area contributed by atoms with E-state index in [1.807, 2.05) is 25.2 Å². The number of fused-ring (bicyclic) bond motifs is 1. The van der Waals surface area contributed by atoms with Crippen LogP contribution < -0.4 is 5.32 Å². The van der Waals surface area contributed by atoms with Crippen LogP contribution in [-0.4, -0.2) is 18.6 Å². The Morgan fingerprint density at radius 2 is 2.11 bits per heavy atom. The summed E-state index contributed by atoms with van der Waals surface area (Å²) in [5.74, 6) is 0. The molecule has 0 unspecified atom stereocenters. The highest BCUT2D eigenvalue weighted by Gasteiger charge is 2.40. The summed E-state index contributed by atoms with van der Waals surface area (Å²) in [5.41, 5.74) is 2.39. The van der Waals surface area contributed by atoms with E-state index in [1.54, 1.807) is 0 Å². The third kappa shape index (κ3) is 1.80. The first-order valence-corrected chi connectivity index (χ1v) is 6.83. The highest BCUT2D eigenvalue weighted by Crippen LogP contribution is 2.46. The monoisotopic (exact) mass is 260 g/mol. The molecule has 18 heavy (non-hydrogen) atoms. The zero-order chi connectivity index (χ0) is 12.6. The average molecular weight is 261 g/mol. The molecule has 0 bridgehead atoms. The molecule has 1 fully saturated rings. The highest BCUT2D eigenvalue weighted by atomic mass is 35.5. The fraction of sp³-hybridized carbons (Fsp3) is 0.400. The van der Waals surface area contributed by atoms with Gasteiger partial charge < -0.3 is 5.32 Å². The molecule has 0 spiro atoms. The van der Waals surface area contributed by atoms with E-state index in [4.69, 9.17) is 11.6 Å². The molecular weight excluding hydrogens is 244 g/mol. The minimum absolute atomic E-state index is 0.197. The maximum atomic E-state index is 6.40. The first-order valence-electron chi connectivity index (χ1n) is 6.46. The Morgan fingerprint density at radius 3 is 2.78 bits per heavy atom. The molecule has 1 aliphatic rings. The van der Waals surface area contributed by atoms with Gasteiger partial charge in [-0.1, -0.05) is 36.2 Å². The molecule has 2 aromatic rings. The Balaban J connectivity index is 2.13. The Morgan fingerprint density at radius 1 is 1.33 bits per heavy atom. The maximum absolute atomic E-state index is 6.40. The van der Waals surface area contributed by atoms with Crippen molar-refractivity contribution in [2.45, 2.75) is 24.7 Å². The number of nitrogens with one attached hydrogen (secondary N) is 1. The van der Waals surface area contributed by atoms with E-state index in [0.29, 0.717) is 5.15 Å². The Kier molecular flexibility index (Phi) is 3.00. The second-order valence-electron chi connectivity index (χ2n) is 5.18. The van der Waals surface area contributed by atoms with Gasteiger partial charge in [-0.25, -0.2) is 4.98 Å². The molecule has 1 N–H and O–H groups in total. The van der Waals surface area contributed by atoms with E-state index in [-0.39, 0.29) is 5.41 Å². The van der Waals surface area contributed by atoms with Crippen molar-refractivity contribution in [3.63, 3.8) is 0 Å². The van der Waals surface area contributed by atoms with Crippen molar-refractivity contribution < 1.29 is 0 Å². The van der Waals surface area contributed by atoms with Gasteiger partial charge in [0.05, 0.1) is 5.52 Å². The molecule has 3 heteroatoms. The number of aromatic nitrogens is 1. The smallest absolute Gasteiger partial charge is 0.133 e. The largest absolute Gasteiger partial charge is 0.319 e. The van der Waals surface area contributed by atoms with E-state index in [1.165, 1.54) is 30.2 Å². The number of halogens is 1. The van der Waals surface area contributed by atoms with Gasteiger partial charge in [-0.15, -0.1) is 0 Å². The van der Waals surface area contributed by atoms with E-state index in [2.05, 4.69) is 22.4 Å². The van der Waals surface area contributed by atoms with Crippen LogP contribution >= 0.6 is 11.6 Å². The number of pyridine rings is 1. The Labute approximate surface area is 112 Å². The summed E-state index contributed by atoms with van der Waals surface area (Å²) in [7, 11) is 2.00. The topological polar surface area (TPSA) is 24.9 Å². The predicted octanol–water partition coefficient (Wildman–Crippen LogP) is 3.53. The number of rotatable bonds is 3. The zero-order valence-corrected chi connectivity index (χ0v) is 11.3. The Bertz CT molecular complexity index is 576. The fourth-order valence-corrected chi connectivity index (χ4v) is 3.29. The molecule has 2 nitrogen and oxygen atoms in total. The van der Waals surface area contributed by atoms with Crippen LogP contribution in [0.15, 0.2) is 30.3 Å². The standard InChI is InChI=1S/C15H17ClN2/c1-17-10-15(7-4-8-15)12-9-11-5-2-3-6-13(11)18-14(12)16/h2-3,5-6,9,17H,4,7-8,10H2,1H3. The number of nitrogens with zero attached hydrogens (tertiary/aromatic N) is 1. The molecular formula is C15H17ClN2. The fourth-order valence-electron chi connectivity index (χ4n) is 2.95. The van der Waals surface area contributed by atoms with Crippen molar-refractivity contribution in [2.75, 3.05) is 13.6 Å². The van der Waals surface area contributed by atoms with Gasteiger partial charge in [0.1, 0.15) is 5.15 Å². The lowest BCUT2D eigenvalue weighted by Gasteiger charge is -2.42. The first-order chi connectivity index (χ1) is 8.75. The molecule has 1 aromatic carbocycles. The van der Waals surface area contributed by atoms with Crippen molar-refractivity contribution >= 4 is 22.5 Å². The van der Waals surface area contributed by atoms with E-state index in [9.17, 15) is 0 Å². The number of para-hydroxylation sites is 1. The van der Waals surface area contributed by atoms with Gasteiger partial charge in [0.15, 0.2) is 0 Å². The number of hydrogen-bond acceptors (Lipinski definition) is 2. The lowest BCUT2D eigenvalue weighted by atomic mass is 9.64. The van der Waals surface area contributed by atoms with Gasteiger partial charge in [0, 0.05) is 17.3 Å². The predicted molar refractivity (Wildman–Crippen MR) is 76.2 cm³/mol. The third-order valence-corrected chi connectivity index (χ3v) is 4.36. The van der Waals surface area contributed by atoms with Gasteiger partial charge in [0.2, 0.25) is 0 Å². The van der Waals surface area contributed by atoms with E-state index < -0.39 is 0 Å². The van der Waals surface area contributed by atoms with Gasteiger partial charge in [-0.3, -0.25) is 0 Å². The molecule has 1 aliphatic carbocycles. The number of hydrogen-bond donors (Lipinski definition) is 1. The average Bonchev–Trinajstić information content (AvgIpc) is 2.33. The summed E-state index contributed by atoms with van der Waals surface area (Å²) in [6.45, 7) is 0.979. The normalized spacial score (nSPS) is 17.7. The molecule has 1 aromatic heterocycles. The molecule has 0 amide bonds. The minimum Gasteiger partial charge on any atom is -0.319 e. The number of benzene rings is 1. The molecule has 0 saturated heterocycles. The van der Waals surface area contributed by atoms with Crippen molar-refractivity contribution in [2.24, 2.45) is 0 Å². The summed E-state index contributed by atoms with van der Waals surface area (Å²) in [6.07, 6.45) is 3.69.